The molecule has 0 aromatic carbocycles. The van der Waals surface area contributed by atoms with Crippen molar-refractivity contribution in [3.63, 3.8) is 0 Å². The molecule has 1 unspecified atom stereocenters. The summed E-state index contributed by atoms with van der Waals surface area (Å²) in [6, 6.07) is 0.160. The third-order valence-corrected chi connectivity index (χ3v) is 4.21. The van der Waals surface area contributed by atoms with Crippen LogP contribution in [0.1, 0.15) is 72.1 Å². The summed E-state index contributed by atoms with van der Waals surface area (Å²) >= 11 is 0. The van der Waals surface area contributed by atoms with Crippen LogP contribution in [0.3, 0.4) is 0 Å². The van der Waals surface area contributed by atoms with E-state index in [1.165, 1.54) is 0 Å². The SMILES string of the molecule is CC(C)CC(C)NC(=O)CC1(CC(=O)O)CCCCC1. The number of amides is 1. The lowest BCUT2D eigenvalue weighted by Gasteiger charge is -2.36. The van der Waals surface area contributed by atoms with Gasteiger partial charge in [0.05, 0.1) is 6.42 Å². The van der Waals surface area contributed by atoms with Crippen LogP contribution in [0.4, 0.5) is 0 Å². The number of carbonyl (C=O) groups excluding carboxylic acids is 1. The molecule has 4 nitrogen and oxygen atoms in total. The fraction of sp³-hybridized carbons (Fsp3) is 0.875. The summed E-state index contributed by atoms with van der Waals surface area (Å²) in [5, 5.41) is 12.1. The van der Waals surface area contributed by atoms with Gasteiger partial charge in [0, 0.05) is 12.5 Å². The Kier molecular flexibility index (Phi) is 6.50. The van der Waals surface area contributed by atoms with E-state index in [-0.39, 0.29) is 23.8 Å². The van der Waals surface area contributed by atoms with Gasteiger partial charge in [0.15, 0.2) is 0 Å². The molecule has 0 aromatic heterocycles. The second-order valence-corrected chi connectivity index (χ2v) is 6.91. The molecule has 1 rings (SSSR count). The van der Waals surface area contributed by atoms with Crippen molar-refractivity contribution in [1.82, 2.24) is 5.32 Å². The molecule has 0 heterocycles. The van der Waals surface area contributed by atoms with Crippen molar-refractivity contribution in [3.8, 4) is 0 Å². The summed E-state index contributed by atoms with van der Waals surface area (Å²) in [7, 11) is 0. The maximum atomic E-state index is 12.2. The van der Waals surface area contributed by atoms with Crippen LogP contribution < -0.4 is 5.32 Å². The molecule has 4 heteroatoms. The summed E-state index contributed by atoms with van der Waals surface area (Å²) in [5.41, 5.74) is -0.314. The maximum absolute atomic E-state index is 12.2. The fourth-order valence-electron chi connectivity index (χ4n) is 3.47. The topological polar surface area (TPSA) is 66.4 Å². The highest BCUT2D eigenvalue weighted by Gasteiger charge is 2.36. The van der Waals surface area contributed by atoms with E-state index in [1.54, 1.807) is 0 Å². The van der Waals surface area contributed by atoms with Gasteiger partial charge in [0.1, 0.15) is 0 Å². The summed E-state index contributed by atoms with van der Waals surface area (Å²) in [5.74, 6) is -0.218. The fourth-order valence-corrected chi connectivity index (χ4v) is 3.47. The van der Waals surface area contributed by atoms with Gasteiger partial charge in [-0.25, -0.2) is 0 Å². The Labute approximate surface area is 122 Å². The molecule has 1 amide bonds. The van der Waals surface area contributed by atoms with E-state index in [0.29, 0.717) is 12.3 Å². The van der Waals surface area contributed by atoms with E-state index in [2.05, 4.69) is 19.2 Å². The molecule has 116 valence electrons. The highest BCUT2D eigenvalue weighted by Crippen LogP contribution is 2.42. The van der Waals surface area contributed by atoms with Crippen LogP contribution in [0.5, 0.6) is 0 Å². The summed E-state index contributed by atoms with van der Waals surface area (Å²) in [4.78, 5) is 23.3. The van der Waals surface area contributed by atoms with Gasteiger partial charge in [-0.3, -0.25) is 9.59 Å². The maximum Gasteiger partial charge on any atom is 0.303 e. The predicted octanol–water partition coefficient (Wildman–Crippen LogP) is 3.35. The molecule has 1 aliphatic carbocycles. The predicted molar refractivity (Wildman–Crippen MR) is 79.4 cm³/mol. The number of aliphatic carboxylic acids is 1. The lowest BCUT2D eigenvalue weighted by Crippen LogP contribution is -2.39. The van der Waals surface area contributed by atoms with E-state index >= 15 is 0 Å². The van der Waals surface area contributed by atoms with E-state index in [0.717, 1.165) is 38.5 Å². The smallest absolute Gasteiger partial charge is 0.303 e. The molecule has 0 saturated heterocycles. The molecule has 1 fully saturated rings. The van der Waals surface area contributed by atoms with Crippen LogP contribution in [0.2, 0.25) is 0 Å². The van der Waals surface area contributed by atoms with Crippen molar-refractivity contribution in [3.05, 3.63) is 0 Å². The first-order valence-electron chi connectivity index (χ1n) is 7.84. The van der Waals surface area contributed by atoms with Gasteiger partial charge in [-0.15, -0.1) is 0 Å². The number of hydrogen-bond donors (Lipinski definition) is 2. The highest BCUT2D eigenvalue weighted by molar-refractivity contribution is 5.78. The molecule has 0 spiro atoms. The van der Waals surface area contributed by atoms with Gasteiger partial charge in [0.2, 0.25) is 5.91 Å². The molecule has 0 aliphatic heterocycles. The normalized spacial score (nSPS) is 19.6. The summed E-state index contributed by atoms with van der Waals surface area (Å²) in [6.45, 7) is 6.29. The monoisotopic (exact) mass is 283 g/mol. The minimum atomic E-state index is -0.782. The molecule has 20 heavy (non-hydrogen) atoms. The van der Waals surface area contributed by atoms with Gasteiger partial charge in [-0.2, -0.15) is 0 Å². The Morgan fingerprint density at radius 3 is 2.20 bits per heavy atom. The number of rotatable bonds is 7. The van der Waals surface area contributed by atoms with E-state index in [1.807, 2.05) is 6.92 Å². The number of nitrogens with one attached hydrogen (secondary N) is 1. The third-order valence-electron chi connectivity index (χ3n) is 4.21. The van der Waals surface area contributed by atoms with Crippen molar-refractivity contribution in [1.29, 1.82) is 0 Å². The summed E-state index contributed by atoms with van der Waals surface area (Å²) < 4.78 is 0. The molecular weight excluding hydrogens is 254 g/mol. The van der Waals surface area contributed by atoms with E-state index in [9.17, 15) is 9.59 Å². The minimum absolute atomic E-state index is 0.0151. The van der Waals surface area contributed by atoms with Crippen molar-refractivity contribution < 1.29 is 14.7 Å². The average molecular weight is 283 g/mol. The average Bonchev–Trinajstić information content (AvgIpc) is 2.26. The molecule has 1 saturated carbocycles. The number of carbonyl (C=O) groups is 2. The lowest BCUT2D eigenvalue weighted by molar-refractivity contribution is -0.141. The first kappa shape index (κ1) is 17.0. The van der Waals surface area contributed by atoms with Gasteiger partial charge in [-0.05, 0) is 37.5 Å². The Balaban J connectivity index is 2.56. The molecule has 1 atom stereocenters. The van der Waals surface area contributed by atoms with Crippen molar-refractivity contribution in [2.45, 2.75) is 78.2 Å². The zero-order chi connectivity index (χ0) is 15.2. The van der Waals surface area contributed by atoms with Crippen molar-refractivity contribution in [2.24, 2.45) is 11.3 Å². The first-order valence-corrected chi connectivity index (χ1v) is 7.84. The largest absolute Gasteiger partial charge is 0.481 e. The summed E-state index contributed by atoms with van der Waals surface area (Å²) in [6.07, 6.45) is 6.42. The Bertz CT molecular complexity index is 333. The second-order valence-electron chi connectivity index (χ2n) is 6.91. The van der Waals surface area contributed by atoms with Crippen molar-refractivity contribution in [2.75, 3.05) is 0 Å². The molecule has 0 aromatic rings. The lowest BCUT2D eigenvalue weighted by atomic mass is 9.69. The molecule has 2 N–H and O–H groups in total. The Morgan fingerprint density at radius 2 is 1.70 bits per heavy atom. The van der Waals surface area contributed by atoms with Gasteiger partial charge in [0.25, 0.3) is 0 Å². The van der Waals surface area contributed by atoms with Crippen molar-refractivity contribution >= 4 is 11.9 Å². The van der Waals surface area contributed by atoms with E-state index in [4.69, 9.17) is 5.11 Å². The van der Waals surface area contributed by atoms with Gasteiger partial charge < -0.3 is 10.4 Å². The van der Waals surface area contributed by atoms with Crippen LogP contribution in [0.25, 0.3) is 0 Å². The van der Waals surface area contributed by atoms with Crippen LogP contribution in [-0.4, -0.2) is 23.0 Å². The molecule has 0 radical (unpaired) electrons. The standard InChI is InChI=1S/C16H29NO3/c1-12(2)9-13(3)17-14(18)10-16(11-15(19)20)7-5-4-6-8-16/h12-13H,4-11H2,1-3H3,(H,17,18)(H,19,20). The van der Waals surface area contributed by atoms with Crippen LogP contribution in [0.15, 0.2) is 0 Å². The Hall–Kier alpha value is -1.06. The van der Waals surface area contributed by atoms with Gasteiger partial charge >= 0.3 is 5.97 Å². The zero-order valence-corrected chi connectivity index (χ0v) is 13.1. The molecule has 0 bridgehead atoms. The second kappa shape index (κ2) is 7.65. The number of carboxylic acid groups (broad SMARTS) is 1. The van der Waals surface area contributed by atoms with Crippen LogP contribution in [-0.2, 0) is 9.59 Å². The quantitative estimate of drug-likeness (QED) is 0.753. The Morgan fingerprint density at radius 1 is 1.10 bits per heavy atom. The third kappa shape index (κ3) is 5.93. The minimum Gasteiger partial charge on any atom is -0.481 e. The number of carboxylic acids is 1. The zero-order valence-electron chi connectivity index (χ0n) is 13.1. The van der Waals surface area contributed by atoms with Crippen LogP contribution in [0, 0.1) is 11.3 Å². The van der Waals surface area contributed by atoms with Gasteiger partial charge in [-0.1, -0.05) is 33.1 Å². The molecule has 1 aliphatic rings. The van der Waals surface area contributed by atoms with E-state index < -0.39 is 5.97 Å². The highest BCUT2D eigenvalue weighted by atomic mass is 16.4. The number of hydrogen-bond acceptors (Lipinski definition) is 2. The molecular formula is C16H29NO3. The first-order chi connectivity index (χ1) is 9.33. The van der Waals surface area contributed by atoms with Crippen LogP contribution >= 0.6 is 0 Å².